The lowest BCUT2D eigenvalue weighted by Crippen LogP contribution is -2.43. The Kier molecular flexibility index (Phi) is 5.08. The highest BCUT2D eigenvalue weighted by Gasteiger charge is 2.24. The minimum Gasteiger partial charge on any atom is -0.486 e. The summed E-state index contributed by atoms with van der Waals surface area (Å²) in [5.41, 5.74) is 0. The molecule has 0 aliphatic carbocycles. The third-order valence-electron chi connectivity index (χ3n) is 4.06. The first-order valence-electron chi connectivity index (χ1n) is 8.42. The second-order valence-corrected chi connectivity index (χ2v) is 6.52. The van der Waals surface area contributed by atoms with Crippen molar-refractivity contribution in [2.75, 3.05) is 13.2 Å². The minimum atomic E-state index is -0.197. The van der Waals surface area contributed by atoms with E-state index in [1.54, 1.807) is 0 Å². The Morgan fingerprint density at radius 1 is 1.21 bits per heavy atom. The smallest absolute Gasteiger partial charge is 0.243 e. The maximum Gasteiger partial charge on any atom is 0.243 e. The van der Waals surface area contributed by atoms with Gasteiger partial charge in [-0.1, -0.05) is 26.0 Å². The van der Waals surface area contributed by atoms with Gasteiger partial charge in [0.1, 0.15) is 18.8 Å². The number of carbonyl (C=O) groups excluding carboxylic acids is 1. The summed E-state index contributed by atoms with van der Waals surface area (Å²) in [6.07, 6.45) is 4.49. The second-order valence-electron chi connectivity index (χ2n) is 6.52. The maximum absolute atomic E-state index is 12.6. The molecule has 0 fully saturated rings. The van der Waals surface area contributed by atoms with Crippen LogP contribution in [-0.4, -0.2) is 29.7 Å². The van der Waals surface area contributed by atoms with Crippen LogP contribution in [0.15, 0.2) is 48.8 Å². The number of ether oxygens (including phenoxy) is 2. The van der Waals surface area contributed by atoms with Crippen molar-refractivity contribution in [3.63, 3.8) is 0 Å². The summed E-state index contributed by atoms with van der Waals surface area (Å²) in [5, 5.41) is 3.01. The lowest BCUT2D eigenvalue weighted by Gasteiger charge is -2.27. The van der Waals surface area contributed by atoms with E-state index in [-0.39, 0.29) is 18.1 Å². The molecule has 128 valence electrons. The lowest BCUT2D eigenvalue weighted by molar-refractivity contribution is -0.125. The van der Waals surface area contributed by atoms with Gasteiger partial charge in [-0.25, -0.2) is 0 Å². The topological polar surface area (TPSA) is 52.5 Å². The zero-order valence-corrected chi connectivity index (χ0v) is 14.1. The predicted molar refractivity (Wildman–Crippen MR) is 92.3 cm³/mol. The van der Waals surface area contributed by atoms with Crippen LogP contribution in [0.4, 0.5) is 0 Å². The van der Waals surface area contributed by atoms with Crippen molar-refractivity contribution in [3.8, 4) is 11.5 Å². The van der Waals surface area contributed by atoms with E-state index in [1.807, 2.05) is 53.4 Å². The standard InChI is InChI=1S/C19H24N2O3/c1-14(2)11-16(21-9-5-6-10-21)19(22)20-12-15-13-23-17-7-3-4-8-18(17)24-15/h3-10,14-16H,11-13H2,1-2H3,(H,20,22)/t15-,16+/m0/s1. The van der Waals surface area contributed by atoms with Gasteiger partial charge in [-0.3, -0.25) is 4.79 Å². The normalized spacial score (nSPS) is 17.5. The molecule has 1 aliphatic heterocycles. The van der Waals surface area contributed by atoms with Crippen molar-refractivity contribution in [3.05, 3.63) is 48.8 Å². The van der Waals surface area contributed by atoms with Gasteiger partial charge in [-0.05, 0) is 36.6 Å². The number of fused-ring (bicyclic) bond motifs is 1. The first-order valence-corrected chi connectivity index (χ1v) is 8.42. The Bertz CT molecular complexity index is 667. The van der Waals surface area contributed by atoms with Gasteiger partial charge in [-0.15, -0.1) is 0 Å². The van der Waals surface area contributed by atoms with Gasteiger partial charge in [0.25, 0.3) is 0 Å². The SMILES string of the molecule is CC(C)C[C@H](C(=O)NC[C@H]1COc2ccccc2O1)n1cccc1. The van der Waals surface area contributed by atoms with E-state index in [0.29, 0.717) is 19.1 Å². The zero-order chi connectivity index (χ0) is 16.9. The summed E-state index contributed by atoms with van der Waals surface area (Å²) in [4.78, 5) is 12.6. The van der Waals surface area contributed by atoms with Gasteiger partial charge in [-0.2, -0.15) is 0 Å². The first-order chi connectivity index (χ1) is 11.6. The van der Waals surface area contributed by atoms with Crippen molar-refractivity contribution < 1.29 is 14.3 Å². The van der Waals surface area contributed by atoms with Crippen molar-refractivity contribution in [2.45, 2.75) is 32.4 Å². The number of aromatic nitrogens is 1. The van der Waals surface area contributed by atoms with E-state index in [1.165, 1.54) is 0 Å². The summed E-state index contributed by atoms with van der Waals surface area (Å²) in [5.74, 6) is 1.93. The predicted octanol–water partition coefficient (Wildman–Crippen LogP) is 3.03. The average Bonchev–Trinajstić information content (AvgIpc) is 3.11. The quantitative estimate of drug-likeness (QED) is 0.887. The van der Waals surface area contributed by atoms with Gasteiger partial charge in [0.2, 0.25) is 5.91 Å². The maximum atomic E-state index is 12.6. The van der Waals surface area contributed by atoms with Crippen LogP contribution in [0.3, 0.4) is 0 Å². The number of nitrogens with zero attached hydrogens (tertiary/aromatic N) is 1. The molecule has 5 heteroatoms. The lowest BCUT2D eigenvalue weighted by atomic mass is 10.0. The molecule has 0 spiro atoms. The van der Waals surface area contributed by atoms with Gasteiger partial charge < -0.3 is 19.4 Å². The molecule has 3 rings (SSSR count). The van der Waals surface area contributed by atoms with E-state index in [0.717, 1.165) is 17.9 Å². The molecule has 0 bridgehead atoms. The van der Waals surface area contributed by atoms with Crippen molar-refractivity contribution in [1.82, 2.24) is 9.88 Å². The molecule has 1 aromatic carbocycles. The van der Waals surface area contributed by atoms with Gasteiger partial charge >= 0.3 is 0 Å². The molecule has 5 nitrogen and oxygen atoms in total. The molecule has 2 aromatic rings. The van der Waals surface area contributed by atoms with E-state index < -0.39 is 0 Å². The molecule has 2 atom stereocenters. The Morgan fingerprint density at radius 2 is 1.92 bits per heavy atom. The summed E-state index contributed by atoms with van der Waals surface area (Å²) in [7, 11) is 0. The van der Waals surface area contributed by atoms with Crippen LogP contribution in [-0.2, 0) is 4.79 Å². The molecule has 1 amide bonds. The fraction of sp³-hybridized carbons (Fsp3) is 0.421. The first kappa shape index (κ1) is 16.4. The number of hydrogen-bond acceptors (Lipinski definition) is 3. The van der Waals surface area contributed by atoms with Crippen LogP contribution in [0.5, 0.6) is 11.5 Å². The van der Waals surface area contributed by atoms with Crippen molar-refractivity contribution in [2.24, 2.45) is 5.92 Å². The van der Waals surface area contributed by atoms with E-state index >= 15 is 0 Å². The van der Waals surface area contributed by atoms with Crippen LogP contribution < -0.4 is 14.8 Å². The van der Waals surface area contributed by atoms with Crippen molar-refractivity contribution in [1.29, 1.82) is 0 Å². The fourth-order valence-corrected chi connectivity index (χ4v) is 2.86. The Morgan fingerprint density at radius 3 is 2.62 bits per heavy atom. The number of hydrogen-bond donors (Lipinski definition) is 1. The zero-order valence-electron chi connectivity index (χ0n) is 14.1. The van der Waals surface area contributed by atoms with Crippen LogP contribution >= 0.6 is 0 Å². The highest BCUT2D eigenvalue weighted by molar-refractivity contribution is 5.80. The van der Waals surface area contributed by atoms with Crippen LogP contribution in [0.1, 0.15) is 26.3 Å². The van der Waals surface area contributed by atoms with Crippen LogP contribution in [0, 0.1) is 5.92 Å². The summed E-state index contributed by atoms with van der Waals surface area (Å²) < 4.78 is 13.5. The number of para-hydroxylation sites is 2. The summed E-state index contributed by atoms with van der Waals surface area (Å²) >= 11 is 0. The molecule has 0 radical (unpaired) electrons. The molecule has 0 saturated heterocycles. The Hall–Kier alpha value is -2.43. The molecule has 1 aliphatic rings. The van der Waals surface area contributed by atoms with E-state index in [4.69, 9.17) is 9.47 Å². The van der Waals surface area contributed by atoms with Gasteiger partial charge in [0.15, 0.2) is 11.5 Å². The Labute approximate surface area is 142 Å². The molecule has 1 N–H and O–H groups in total. The Balaban J connectivity index is 1.58. The highest BCUT2D eigenvalue weighted by atomic mass is 16.6. The van der Waals surface area contributed by atoms with Gasteiger partial charge in [0.05, 0.1) is 6.54 Å². The molecular weight excluding hydrogens is 304 g/mol. The molecule has 0 unspecified atom stereocenters. The number of amides is 1. The van der Waals surface area contributed by atoms with Crippen molar-refractivity contribution >= 4 is 5.91 Å². The van der Waals surface area contributed by atoms with Crippen LogP contribution in [0.2, 0.25) is 0 Å². The highest BCUT2D eigenvalue weighted by Crippen LogP contribution is 2.30. The average molecular weight is 328 g/mol. The molecule has 24 heavy (non-hydrogen) atoms. The molecule has 1 aromatic heterocycles. The molecule has 0 saturated carbocycles. The number of rotatable bonds is 6. The summed E-state index contributed by atoms with van der Waals surface area (Å²) in [6, 6.07) is 11.3. The second kappa shape index (κ2) is 7.43. The third kappa shape index (κ3) is 3.91. The van der Waals surface area contributed by atoms with E-state index in [9.17, 15) is 4.79 Å². The molecule has 2 heterocycles. The third-order valence-corrected chi connectivity index (χ3v) is 4.06. The van der Waals surface area contributed by atoms with E-state index in [2.05, 4.69) is 19.2 Å². The summed E-state index contributed by atoms with van der Waals surface area (Å²) in [6.45, 7) is 5.12. The molecular formula is C19H24N2O3. The number of nitrogens with one attached hydrogen (secondary N) is 1. The minimum absolute atomic E-state index is 0.0161. The number of carbonyl (C=O) groups is 1. The monoisotopic (exact) mass is 328 g/mol. The van der Waals surface area contributed by atoms with Crippen LogP contribution in [0.25, 0.3) is 0 Å². The largest absolute Gasteiger partial charge is 0.486 e. The number of benzene rings is 1. The fourth-order valence-electron chi connectivity index (χ4n) is 2.86. The van der Waals surface area contributed by atoms with Gasteiger partial charge in [0, 0.05) is 12.4 Å².